The standard InChI is InChI=1S/C16H24N6O2S2/c1-11-12(2)25-16(18-11)20-15-10-17-9-14(19-15)13-5-7-22(8-6-13)26(23,24)21(3)4/h9-10,13H,5-8H2,1-4H3,(H,18,19,20). The van der Waals surface area contributed by atoms with Gasteiger partial charge in [0.05, 0.1) is 17.6 Å². The minimum Gasteiger partial charge on any atom is -0.315 e. The molecule has 3 heterocycles. The Hall–Kier alpha value is -1.62. The summed E-state index contributed by atoms with van der Waals surface area (Å²) in [5, 5.41) is 4.02. The van der Waals surface area contributed by atoms with Crippen molar-refractivity contribution in [2.75, 3.05) is 32.5 Å². The largest absolute Gasteiger partial charge is 0.315 e. The predicted octanol–water partition coefficient (Wildman–Crippen LogP) is 2.28. The van der Waals surface area contributed by atoms with E-state index < -0.39 is 10.2 Å². The molecule has 1 aliphatic rings. The Morgan fingerprint density at radius 3 is 2.46 bits per heavy atom. The van der Waals surface area contributed by atoms with Crippen LogP contribution in [0.5, 0.6) is 0 Å². The second-order valence-electron chi connectivity index (χ2n) is 6.58. The molecule has 1 aliphatic heterocycles. The maximum absolute atomic E-state index is 12.2. The molecule has 0 saturated carbocycles. The van der Waals surface area contributed by atoms with E-state index in [1.54, 1.807) is 37.8 Å². The van der Waals surface area contributed by atoms with Crippen molar-refractivity contribution in [3.8, 4) is 0 Å². The second-order valence-corrected chi connectivity index (χ2v) is 9.92. The minimum atomic E-state index is -3.34. The first-order valence-corrected chi connectivity index (χ1v) is 10.7. The van der Waals surface area contributed by atoms with Crippen molar-refractivity contribution in [3.05, 3.63) is 28.7 Å². The zero-order valence-corrected chi connectivity index (χ0v) is 17.1. The van der Waals surface area contributed by atoms with Gasteiger partial charge < -0.3 is 5.32 Å². The summed E-state index contributed by atoms with van der Waals surface area (Å²) in [7, 11) is -0.226. The van der Waals surface area contributed by atoms with Crippen molar-refractivity contribution in [2.24, 2.45) is 0 Å². The zero-order valence-electron chi connectivity index (χ0n) is 15.4. The molecule has 8 nitrogen and oxygen atoms in total. The molecular weight excluding hydrogens is 372 g/mol. The van der Waals surface area contributed by atoms with E-state index in [-0.39, 0.29) is 5.92 Å². The van der Waals surface area contributed by atoms with Crippen molar-refractivity contribution in [2.45, 2.75) is 32.6 Å². The summed E-state index contributed by atoms with van der Waals surface area (Å²) in [5.74, 6) is 0.872. The molecule has 0 bridgehead atoms. The molecule has 0 amide bonds. The molecular formula is C16H24N6O2S2. The molecule has 0 radical (unpaired) electrons. The van der Waals surface area contributed by atoms with Gasteiger partial charge in [0.2, 0.25) is 0 Å². The fraction of sp³-hybridized carbons (Fsp3) is 0.562. The molecule has 2 aromatic rings. The van der Waals surface area contributed by atoms with Gasteiger partial charge in [-0.1, -0.05) is 0 Å². The number of aromatic nitrogens is 3. The highest BCUT2D eigenvalue weighted by Crippen LogP contribution is 2.29. The van der Waals surface area contributed by atoms with Gasteiger partial charge in [0, 0.05) is 44.2 Å². The average Bonchev–Trinajstić information content (AvgIpc) is 2.92. The fourth-order valence-electron chi connectivity index (χ4n) is 2.89. The van der Waals surface area contributed by atoms with E-state index in [1.807, 2.05) is 13.8 Å². The lowest BCUT2D eigenvalue weighted by Gasteiger charge is -2.32. The lowest BCUT2D eigenvalue weighted by molar-refractivity contribution is 0.300. The van der Waals surface area contributed by atoms with Gasteiger partial charge in [-0.05, 0) is 26.7 Å². The molecule has 26 heavy (non-hydrogen) atoms. The van der Waals surface area contributed by atoms with Crippen LogP contribution in [0.15, 0.2) is 12.4 Å². The van der Waals surface area contributed by atoms with Gasteiger partial charge >= 0.3 is 0 Å². The molecule has 10 heteroatoms. The third-order valence-electron chi connectivity index (χ3n) is 4.58. The summed E-state index contributed by atoms with van der Waals surface area (Å²) in [4.78, 5) is 14.6. The van der Waals surface area contributed by atoms with Crippen molar-refractivity contribution >= 4 is 32.5 Å². The van der Waals surface area contributed by atoms with E-state index in [4.69, 9.17) is 0 Å². The van der Waals surface area contributed by atoms with Crippen LogP contribution >= 0.6 is 11.3 Å². The number of thiazole rings is 1. The molecule has 0 unspecified atom stereocenters. The van der Waals surface area contributed by atoms with Crippen molar-refractivity contribution in [1.29, 1.82) is 0 Å². The highest BCUT2D eigenvalue weighted by molar-refractivity contribution is 7.86. The Kier molecular flexibility index (Phi) is 5.56. The van der Waals surface area contributed by atoms with E-state index in [2.05, 4.69) is 20.3 Å². The van der Waals surface area contributed by atoms with Gasteiger partial charge in [0.15, 0.2) is 10.9 Å². The molecule has 2 aromatic heterocycles. The summed E-state index contributed by atoms with van der Waals surface area (Å²) in [6.45, 7) is 5.01. The van der Waals surface area contributed by atoms with Gasteiger partial charge in [0.1, 0.15) is 0 Å². The summed E-state index contributed by atoms with van der Waals surface area (Å²) in [5.41, 5.74) is 1.90. The van der Waals surface area contributed by atoms with Crippen molar-refractivity contribution in [1.82, 2.24) is 23.6 Å². The van der Waals surface area contributed by atoms with Crippen LogP contribution in [-0.4, -0.2) is 59.2 Å². The monoisotopic (exact) mass is 396 g/mol. The third-order valence-corrected chi connectivity index (χ3v) is 7.51. The first-order chi connectivity index (χ1) is 12.3. The number of rotatable bonds is 5. The number of anilines is 2. The summed E-state index contributed by atoms with van der Waals surface area (Å²) < 4.78 is 27.2. The maximum atomic E-state index is 12.2. The Labute approximate surface area is 158 Å². The first kappa shape index (κ1) is 19.2. The van der Waals surface area contributed by atoms with Crippen LogP contribution < -0.4 is 5.32 Å². The normalized spacial score (nSPS) is 17.0. The van der Waals surface area contributed by atoms with Crippen LogP contribution in [0, 0.1) is 13.8 Å². The van der Waals surface area contributed by atoms with Crippen molar-refractivity contribution in [3.63, 3.8) is 0 Å². The van der Waals surface area contributed by atoms with E-state index >= 15 is 0 Å². The van der Waals surface area contributed by atoms with E-state index in [0.717, 1.165) is 29.4 Å². The highest BCUT2D eigenvalue weighted by Gasteiger charge is 2.30. The van der Waals surface area contributed by atoms with Crippen molar-refractivity contribution < 1.29 is 8.42 Å². The molecule has 1 fully saturated rings. The summed E-state index contributed by atoms with van der Waals surface area (Å²) in [6.07, 6.45) is 4.92. The number of nitrogens with zero attached hydrogens (tertiary/aromatic N) is 5. The van der Waals surface area contributed by atoms with Crippen LogP contribution in [0.1, 0.15) is 35.0 Å². The molecule has 142 valence electrons. The number of hydrogen-bond acceptors (Lipinski definition) is 7. The van der Waals surface area contributed by atoms with Crippen LogP contribution in [-0.2, 0) is 10.2 Å². The SMILES string of the molecule is Cc1nc(Nc2cncc(C3CCN(S(=O)(=O)N(C)C)CC3)n2)sc1C. The Bertz CT molecular complexity index is 853. The molecule has 0 spiro atoms. The quantitative estimate of drug-likeness (QED) is 0.834. The lowest BCUT2D eigenvalue weighted by atomic mass is 9.95. The van der Waals surface area contributed by atoms with Crippen LogP contribution in [0.4, 0.5) is 10.9 Å². The smallest absolute Gasteiger partial charge is 0.281 e. The lowest BCUT2D eigenvalue weighted by Crippen LogP contribution is -2.44. The Balaban J connectivity index is 1.68. The molecule has 0 aliphatic carbocycles. The van der Waals surface area contributed by atoms with Gasteiger partial charge in [-0.2, -0.15) is 17.0 Å². The zero-order chi connectivity index (χ0) is 18.9. The number of aryl methyl sites for hydroxylation is 2. The fourth-order valence-corrected chi connectivity index (χ4v) is 4.84. The van der Waals surface area contributed by atoms with Crippen LogP contribution in [0.25, 0.3) is 0 Å². The Morgan fingerprint density at radius 2 is 1.88 bits per heavy atom. The Morgan fingerprint density at radius 1 is 1.19 bits per heavy atom. The molecule has 1 saturated heterocycles. The highest BCUT2D eigenvalue weighted by atomic mass is 32.2. The number of hydrogen-bond donors (Lipinski definition) is 1. The number of nitrogens with one attached hydrogen (secondary N) is 1. The maximum Gasteiger partial charge on any atom is 0.281 e. The van der Waals surface area contributed by atoms with E-state index in [1.165, 1.54) is 13.5 Å². The van der Waals surface area contributed by atoms with Gasteiger partial charge in [-0.3, -0.25) is 4.98 Å². The van der Waals surface area contributed by atoms with Gasteiger partial charge in [-0.15, -0.1) is 11.3 Å². The van der Waals surface area contributed by atoms with Crippen LogP contribution in [0.3, 0.4) is 0 Å². The molecule has 1 N–H and O–H groups in total. The van der Waals surface area contributed by atoms with E-state index in [0.29, 0.717) is 18.9 Å². The molecule has 0 aromatic carbocycles. The molecule has 0 atom stereocenters. The van der Waals surface area contributed by atoms with E-state index in [9.17, 15) is 8.42 Å². The predicted molar refractivity (Wildman–Crippen MR) is 103 cm³/mol. The summed E-state index contributed by atoms with van der Waals surface area (Å²) in [6, 6.07) is 0. The first-order valence-electron chi connectivity index (χ1n) is 8.48. The van der Waals surface area contributed by atoms with Gasteiger partial charge in [0.25, 0.3) is 10.2 Å². The minimum absolute atomic E-state index is 0.206. The number of piperidine rings is 1. The second kappa shape index (κ2) is 7.55. The molecule has 3 rings (SSSR count). The average molecular weight is 397 g/mol. The third kappa shape index (κ3) is 4.03. The van der Waals surface area contributed by atoms with Crippen LogP contribution in [0.2, 0.25) is 0 Å². The topological polar surface area (TPSA) is 91.3 Å². The van der Waals surface area contributed by atoms with Gasteiger partial charge in [-0.25, -0.2) is 9.97 Å². The summed E-state index contributed by atoms with van der Waals surface area (Å²) >= 11 is 1.59.